The number of aliphatic imine (C=N–C) groups is 1. The van der Waals surface area contributed by atoms with E-state index >= 15 is 0 Å². The first-order valence-corrected chi connectivity index (χ1v) is 9.82. The molecule has 5 heteroatoms. The highest BCUT2D eigenvalue weighted by molar-refractivity contribution is 5.79. The van der Waals surface area contributed by atoms with Crippen molar-refractivity contribution in [1.29, 1.82) is 0 Å². The molecule has 1 aliphatic rings. The Morgan fingerprint density at radius 3 is 2.58 bits per heavy atom. The van der Waals surface area contributed by atoms with E-state index in [1.54, 1.807) is 0 Å². The number of nitrogens with zero attached hydrogens (tertiary/aromatic N) is 1. The average molecular weight is 362 g/mol. The van der Waals surface area contributed by atoms with Gasteiger partial charge in [-0.3, -0.25) is 4.99 Å². The van der Waals surface area contributed by atoms with E-state index in [1.165, 1.54) is 5.56 Å². The molecule has 1 heterocycles. The Morgan fingerprint density at radius 1 is 1.19 bits per heavy atom. The zero-order valence-electron chi connectivity index (χ0n) is 16.6. The summed E-state index contributed by atoms with van der Waals surface area (Å²) >= 11 is 0. The lowest BCUT2D eigenvalue weighted by molar-refractivity contribution is 0.0514. The molecule has 0 atom stereocenters. The van der Waals surface area contributed by atoms with Gasteiger partial charge >= 0.3 is 0 Å². The fourth-order valence-corrected chi connectivity index (χ4v) is 3.29. The van der Waals surface area contributed by atoms with Gasteiger partial charge in [-0.15, -0.1) is 0 Å². The molecule has 0 unspecified atom stereocenters. The van der Waals surface area contributed by atoms with Crippen molar-refractivity contribution in [2.75, 3.05) is 46.6 Å². The van der Waals surface area contributed by atoms with Gasteiger partial charge in [-0.05, 0) is 30.7 Å². The molecule has 1 aliphatic heterocycles. The van der Waals surface area contributed by atoms with Crippen LogP contribution in [-0.4, -0.2) is 52.5 Å². The van der Waals surface area contributed by atoms with E-state index < -0.39 is 0 Å². The van der Waals surface area contributed by atoms with Gasteiger partial charge in [-0.2, -0.15) is 0 Å². The fourth-order valence-electron chi connectivity index (χ4n) is 3.29. The van der Waals surface area contributed by atoms with Gasteiger partial charge in [0.25, 0.3) is 0 Å². The molecule has 0 saturated carbocycles. The maximum atomic E-state index is 5.63. The second-order valence-electron chi connectivity index (χ2n) is 7.43. The van der Waals surface area contributed by atoms with E-state index in [9.17, 15) is 0 Å². The molecule has 146 valence electrons. The number of hydrogen-bond acceptors (Lipinski definition) is 3. The molecule has 1 fully saturated rings. The molecular formula is C21H35N3O2. The summed E-state index contributed by atoms with van der Waals surface area (Å²) in [5.74, 6) is 1.45. The Morgan fingerprint density at radius 2 is 1.92 bits per heavy atom. The normalized spacial score (nSPS) is 17.3. The van der Waals surface area contributed by atoms with Crippen LogP contribution in [0.5, 0.6) is 0 Å². The number of benzene rings is 1. The van der Waals surface area contributed by atoms with Crippen molar-refractivity contribution in [3.8, 4) is 0 Å². The van der Waals surface area contributed by atoms with Gasteiger partial charge in [0.1, 0.15) is 0 Å². The topological polar surface area (TPSA) is 54.9 Å². The Bertz CT molecular complexity index is 525. The summed E-state index contributed by atoms with van der Waals surface area (Å²) in [7, 11) is 1.82. The predicted molar refractivity (Wildman–Crippen MR) is 108 cm³/mol. The minimum atomic E-state index is 0.109. The summed E-state index contributed by atoms with van der Waals surface area (Å²) in [6.07, 6.45) is 3.04. The molecule has 0 aromatic heterocycles. The molecule has 5 nitrogen and oxygen atoms in total. The smallest absolute Gasteiger partial charge is 0.191 e. The van der Waals surface area contributed by atoms with Crippen LogP contribution in [0.2, 0.25) is 0 Å². The largest absolute Gasteiger partial charge is 0.381 e. The maximum Gasteiger partial charge on any atom is 0.191 e. The molecule has 0 amide bonds. The standard InChI is InChI=1S/C21H35N3O2/c1-18(2)16-26-13-7-12-23-20(22-3)24-17-21(10-14-25-15-11-21)19-8-5-4-6-9-19/h4-6,8-9,18H,7,10-17H2,1-3H3,(H2,22,23,24). The van der Waals surface area contributed by atoms with Gasteiger partial charge in [0.05, 0.1) is 0 Å². The van der Waals surface area contributed by atoms with E-state index in [-0.39, 0.29) is 5.41 Å². The van der Waals surface area contributed by atoms with Crippen LogP contribution in [0.3, 0.4) is 0 Å². The van der Waals surface area contributed by atoms with Crippen LogP contribution in [0.25, 0.3) is 0 Å². The highest BCUT2D eigenvalue weighted by Gasteiger charge is 2.34. The Labute approximate surface area is 158 Å². The number of guanidine groups is 1. The summed E-state index contributed by atoms with van der Waals surface area (Å²) in [5.41, 5.74) is 1.49. The fraction of sp³-hybridized carbons (Fsp3) is 0.667. The molecule has 0 aliphatic carbocycles. The SMILES string of the molecule is CN=C(NCCCOCC(C)C)NCC1(c2ccccc2)CCOCC1. The van der Waals surface area contributed by atoms with Crippen molar-refractivity contribution in [3.05, 3.63) is 35.9 Å². The summed E-state index contributed by atoms with van der Waals surface area (Å²) in [5, 5.41) is 6.92. The second kappa shape index (κ2) is 11.2. The van der Waals surface area contributed by atoms with Crippen LogP contribution in [0.4, 0.5) is 0 Å². The number of nitrogens with one attached hydrogen (secondary N) is 2. The van der Waals surface area contributed by atoms with Crippen LogP contribution in [0.1, 0.15) is 38.7 Å². The lowest BCUT2D eigenvalue weighted by Crippen LogP contribution is -2.48. The maximum absolute atomic E-state index is 5.63. The minimum absolute atomic E-state index is 0.109. The zero-order chi connectivity index (χ0) is 18.7. The first-order chi connectivity index (χ1) is 12.7. The molecule has 2 rings (SSSR count). The van der Waals surface area contributed by atoms with Crippen molar-refractivity contribution >= 4 is 5.96 Å². The summed E-state index contributed by atoms with van der Waals surface area (Å²) in [6.45, 7) is 9.31. The molecule has 1 aromatic rings. The van der Waals surface area contributed by atoms with E-state index in [2.05, 4.69) is 59.8 Å². The first kappa shape index (κ1) is 20.7. The lowest BCUT2D eigenvalue weighted by Gasteiger charge is -2.38. The molecule has 0 bridgehead atoms. The van der Waals surface area contributed by atoms with E-state index in [0.717, 1.165) is 64.7 Å². The Kier molecular flexibility index (Phi) is 8.92. The molecular weight excluding hydrogens is 326 g/mol. The van der Waals surface area contributed by atoms with Crippen LogP contribution in [0.15, 0.2) is 35.3 Å². The van der Waals surface area contributed by atoms with E-state index in [1.807, 2.05) is 7.05 Å². The van der Waals surface area contributed by atoms with Gasteiger partial charge in [-0.25, -0.2) is 0 Å². The lowest BCUT2D eigenvalue weighted by atomic mass is 9.74. The number of ether oxygens (including phenoxy) is 2. The van der Waals surface area contributed by atoms with Crippen molar-refractivity contribution < 1.29 is 9.47 Å². The van der Waals surface area contributed by atoms with Gasteiger partial charge in [-0.1, -0.05) is 44.2 Å². The van der Waals surface area contributed by atoms with E-state index in [0.29, 0.717) is 5.92 Å². The van der Waals surface area contributed by atoms with Gasteiger partial charge in [0, 0.05) is 52.0 Å². The molecule has 2 N–H and O–H groups in total. The van der Waals surface area contributed by atoms with Crippen LogP contribution < -0.4 is 10.6 Å². The van der Waals surface area contributed by atoms with Crippen molar-refractivity contribution in [1.82, 2.24) is 10.6 Å². The third-order valence-electron chi connectivity index (χ3n) is 4.86. The van der Waals surface area contributed by atoms with Gasteiger partial charge < -0.3 is 20.1 Å². The highest BCUT2D eigenvalue weighted by Crippen LogP contribution is 2.34. The molecule has 1 aromatic carbocycles. The zero-order valence-corrected chi connectivity index (χ0v) is 16.6. The third-order valence-corrected chi connectivity index (χ3v) is 4.86. The van der Waals surface area contributed by atoms with Crippen LogP contribution >= 0.6 is 0 Å². The predicted octanol–water partition coefficient (Wildman–Crippen LogP) is 2.96. The second-order valence-corrected chi connectivity index (χ2v) is 7.43. The Balaban J connectivity index is 1.81. The van der Waals surface area contributed by atoms with Gasteiger partial charge in [0.15, 0.2) is 5.96 Å². The van der Waals surface area contributed by atoms with Gasteiger partial charge in [0.2, 0.25) is 0 Å². The van der Waals surface area contributed by atoms with Crippen molar-refractivity contribution in [2.45, 2.75) is 38.5 Å². The minimum Gasteiger partial charge on any atom is -0.381 e. The number of rotatable bonds is 9. The molecule has 0 radical (unpaired) electrons. The van der Waals surface area contributed by atoms with Crippen LogP contribution in [-0.2, 0) is 14.9 Å². The Hall–Kier alpha value is -1.59. The highest BCUT2D eigenvalue weighted by atomic mass is 16.5. The number of hydrogen-bond donors (Lipinski definition) is 2. The third kappa shape index (κ3) is 6.61. The summed E-state index contributed by atoms with van der Waals surface area (Å²) < 4.78 is 11.2. The summed E-state index contributed by atoms with van der Waals surface area (Å²) in [6, 6.07) is 10.8. The average Bonchev–Trinajstić information content (AvgIpc) is 2.68. The van der Waals surface area contributed by atoms with E-state index in [4.69, 9.17) is 9.47 Å². The molecule has 26 heavy (non-hydrogen) atoms. The van der Waals surface area contributed by atoms with Crippen LogP contribution in [0, 0.1) is 5.92 Å². The molecule has 0 spiro atoms. The van der Waals surface area contributed by atoms with Crippen molar-refractivity contribution in [3.63, 3.8) is 0 Å². The van der Waals surface area contributed by atoms with Crippen molar-refractivity contribution in [2.24, 2.45) is 10.9 Å². The monoisotopic (exact) mass is 361 g/mol. The molecule has 1 saturated heterocycles. The summed E-state index contributed by atoms with van der Waals surface area (Å²) in [4.78, 5) is 4.37. The first-order valence-electron chi connectivity index (χ1n) is 9.82. The quantitative estimate of drug-likeness (QED) is 0.403.